The predicted octanol–water partition coefficient (Wildman–Crippen LogP) is 2.83. The fourth-order valence-electron chi connectivity index (χ4n) is 1.88. The van der Waals surface area contributed by atoms with Crippen LogP contribution in [0.2, 0.25) is 0 Å². The first-order chi connectivity index (χ1) is 9.04. The molecule has 0 bridgehead atoms. The van der Waals surface area contributed by atoms with Crippen LogP contribution in [0.25, 0.3) is 6.08 Å². The molecule has 0 heterocycles. The summed E-state index contributed by atoms with van der Waals surface area (Å²) in [6.07, 6.45) is 5.54. The average molecular weight is 259 g/mol. The molecule has 1 aliphatic rings. The molecule has 4 heteroatoms. The van der Waals surface area contributed by atoms with Gasteiger partial charge in [-0.2, -0.15) is 0 Å². The molecule has 0 aromatic heterocycles. The Balaban J connectivity index is 2.01. The van der Waals surface area contributed by atoms with Gasteiger partial charge >= 0.3 is 5.97 Å². The number of carboxylic acids is 1. The molecule has 1 aromatic rings. The van der Waals surface area contributed by atoms with Crippen LogP contribution < -0.4 is 5.32 Å². The van der Waals surface area contributed by atoms with Gasteiger partial charge in [-0.05, 0) is 55.0 Å². The molecule has 2 rings (SSSR count). The smallest absolute Gasteiger partial charge is 0.328 e. The highest BCUT2D eigenvalue weighted by atomic mass is 16.4. The Morgan fingerprint density at radius 1 is 1.42 bits per heavy atom. The Morgan fingerprint density at radius 3 is 2.74 bits per heavy atom. The number of aliphatic carboxylic acids is 1. The number of anilines is 1. The molecule has 1 saturated carbocycles. The number of hydrogen-bond acceptors (Lipinski definition) is 2. The first-order valence-corrected chi connectivity index (χ1v) is 6.36. The van der Waals surface area contributed by atoms with Crippen LogP contribution in [0.15, 0.2) is 24.3 Å². The van der Waals surface area contributed by atoms with Crippen molar-refractivity contribution in [3.63, 3.8) is 0 Å². The second-order valence-corrected chi connectivity index (χ2v) is 4.94. The largest absolute Gasteiger partial charge is 0.478 e. The van der Waals surface area contributed by atoms with E-state index in [4.69, 9.17) is 5.11 Å². The molecule has 0 unspecified atom stereocenters. The molecule has 1 aliphatic carbocycles. The highest BCUT2D eigenvalue weighted by Gasteiger charge is 2.24. The van der Waals surface area contributed by atoms with E-state index < -0.39 is 5.97 Å². The zero-order valence-corrected chi connectivity index (χ0v) is 10.8. The van der Waals surface area contributed by atoms with E-state index in [9.17, 15) is 9.59 Å². The maximum Gasteiger partial charge on any atom is 0.328 e. The second-order valence-electron chi connectivity index (χ2n) is 4.94. The van der Waals surface area contributed by atoms with Crippen LogP contribution >= 0.6 is 0 Å². The Morgan fingerprint density at radius 2 is 2.16 bits per heavy atom. The molecule has 2 N–H and O–H groups in total. The molecule has 1 amide bonds. The van der Waals surface area contributed by atoms with Crippen LogP contribution in [0.1, 0.15) is 30.4 Å². The number of hydrogen-bond donors (Lipinski definition) is 2. The second kappa shape index (κ2) is 5.69. The van der Waals surface area contributed by atoms with Gasteiger partial charge in [0.1, 0.15) is 0 Å². The summed E-state index contributed by atoms with van der Waals surface area (Å²) in [6, 6.07) is 5.45. The van der Waals surface area contributed by atoms with Gasteiger partial charge in [-0.25, -0.2) is 4.79 Å². The summed E-state index contributed by atoms with van der Waals surface area (Å²) in [7, 11) is 0. The van der Waals surface area contributed by atoms with Crippen molar-refractivity contribution in [2.24, 2.45) is 5.92 Å². The number of benzene rings is 1. The van der Waals surface area contributed by atoms with Crippen LogP contribution in [-0.2, 0) is 9.59 Å². The number of rotatable bonds is 5. The first-order valence-electron chi connectivity index (χ1n) is 6.36. The van der Waals surface area contributed by atoms with Crippen molar-refractivity contribution in [1.82, 2.24) is 0 Å². The van der Waals surface area contributed by atoms with Crippen LogP contribution in [0.4, 0.5) is 5.69 Å². The average Bonchev–Trinajstić information content (AvgIpc) is 3.13. The summed E-state index contributed by atoms with van der Waals surface area (Å²) in [5.41, 5.74) is 2.52. The predicted molar refractivity (Wildman–Crippen MR) is 73.8 cm³/mol. The molecule has 0 radical (unpaired) electrons. The highest BCUT2D eigenvalue weighted by Crippen LogP contribution is 2.32. The van der Waals surface area contributed by atoms with Crippen molar-refractivity contribution in [1.29, 1.82) is 0 Å². The van der Waals surface area contributed by atoms with E-state index in [1.807, 2.05) is 19.1 Å². The lowest BCUT2D eigenvalue weighted by Gasteiger charge is -2.08. The van der Waals surface area contributed by atoms with Crippen molar-refractivity contribution in [2.45, 2.75) is 26.2 Å². The van der Waals surface area contributed by atoms with E-state index in [1.54, 1.807) is 6.07 Å². The number of nitrogens with one attached hydrogen (secondary N) is 1. The van der Waals surface area contributed by atoms with Gasteiger partial charge < -0.3 is 10.4 Å². The van der Waals surface area contributed by atoms with E-state index in [-0.39, 0.29) is 5.91 Å². The van der Waals surface area contributed by atoms with Crippen molar-refractivity contribution >= 4 is 23.6 Å². The van der Waals surface area contributed by atoms with Gasteiger partial charge in [-0.3, -0.25) is 4.79 Å². The van der Waals surface area contributed by atoms with Gasteiger partial charge in [0.25, 0.3) is 0 Å². The maximum atomic E-state index is 11.7. The summed E-state index contributed by atoms with van der Waals surface area (Å²) in [6.45, 7) is 1.89. The summed E-state index contributed by atoms with van der Waals surface area (Å²) in [5, 5.41) is 11.5. The number of carbonyl (C=O) groups excluding carboxylic acids is 1. The highest BCUT2D eigenvalue weighted by molar-refractivity contribution is 5.92. The number of aryl methyl sites for hydroxylation is 1. The molecule has 100 valence electrons. The van der Waals surface area contributed by atoms with E-state index >= 15 is 0 Å². The van der Waals surface area contributed by atoms with Crippen LogP contribution in [0.5, 0.6) is 0 Å². The molecule has 1 aromatic carbocycles. The lowest BCUT2D eigenvalue weighted by atomic mass is 10.1. The lowest BCUT2D eigenvalue weighted by molar-refractivity contribution is -0.131. The van der Waals surface area contributed by atoms with Crippen molar-refractivity contribution in [3.05, 3.63) is 35.4 Å². The SMILES string of the molecule is Cc1cc(C=CC(=O)O)ccc1NC(=O)CC1CC1. The van der Waals surface area contributed by atoms with Crippen LogP contribution in [0.3, 0.4) is 0 Å². The number of amides is 1. The maximum absolute atomic E-state index is 11.7. The third-order valence-electron chi connectivity index (χ3n) is 3.11. The minimum Gasteiger partial charge on any atom is -0.478 e. The zero-order chi connectivity index (χ0) is 13.8. The van der Waals surface area contributed by atoms with Gasteiger partial charge in [0.2, 0.25) is 5.91 Å². The van der Waals surface area contributed by atoms with Gasteiger partial charge in [-0.1, -0.05) is 6.07 Å². The Kier molecular flexibility index (Phi) is 4.00. The standard InChI is InChI=1S/C15H17NO3/c1-10-8-11(5-7-15(18)19)4-6-13(10)16-14(17)9-12-2-3-12/h4-8,12H,2-3,9H2,1H3,(H,16,17)(H,18,19). The minimum atomic E-state index is -0.973. The van der Waals surface area contributed by atoms with Crippen molar-refractivity contribution in [3.8, 4) is 0 Å². The lowest BCUT2D eigenvalue weighted by Crippen LogP contribution is -2.12. The van der Waals surface area contributed by atoms with Crippen LogP contribution in [0, 0.1) is 12.8 Å². The molecule has 0 aliphatic heterocycles. The molecule has 0 atom stereocenters. The molecule has 1 fully saturated rings. The van der Waals surface area contributed by atoms with Gasteiger partial charge in [0.05, 0.1) is 0 Å². The van der Waals surface area contributed by atoms with Crippen molar-refractivity contribution in [2.75, 3.05) is 5.32 Å². The van der Waals surface area contributed by atoms with Gasteiger partial charge in [-0.15, -0.1) is 0 Å². The summed E-state index contributed by atoms with van der Waals surface area (Å²) in [4.78, 5) is 22.1. The quantitative estimate of drug-likeness (QED) is 0.799. The Labute approximate surface area is 112 Å². The molecule has 19 heavy (non-hydrogen) atoms. The zero-order valence-electron chi connectivity index (χ0n) is 10.8. The Bertz CT molecular complexity index is 530. The van der Waals surface area contributed by atoms with E-state index in [0.29, 0.717) is 12.3 Å². The topological polar surface area (TPSA) is 66.4 Å². The van der Waals surface area contributed by atoms with E-state index in [0.717, 1.165) is 35.7 Å². The van der Waals surface area contributed by atoms with Gasteiger partial charge in [0.15, 0.2) is 0 Å². The summed E-state index contributed by atoms with van der Waals surface area (Å²) in [5.74, 6) is -0.350. The van der Waals surface area contributed by atoms with Crippen molar-refractivity contribution < 1.29 is 14.7 Å². The minimum absolute atomic E-state index is 0.0550. The number of carbonyl (C=O) groups is 2. The Hall–Kier alpha value is -2.10. The molecule has 0 saturated heterocycles. The number of carboxylic acid groups (broad SMARTS) is 1. The van der Waals surface area contributed by atoms with Crippen LogP contribution in [-0.4, -0.2) is 17.0 Å². The molecule has 4 nitrogen and oxygen atoms in total. The van der Waals surface area contributed by atoms with E-state index in [1.165, 1.54) is 6.08 Å². The fourth-order valence-corrected chi connectivity index (χ4v) is 1.88. The first kappa shape index (κ1) is 13.3. The van der Waals surface area contributed by atoms with E-state index in [2.05, 4.69) is 5.32 Å². The summed E-state index contributed by atoms with van der Waals surface area (Å²) >= 11 is 0. The third-order valence-corrected chi connectivity index (χ3v) is 3.11. The third kappa shape index (κ3) is 4.25. The molecule has 0 spiro atoms. The summed E-state index contributed by atoms with van der Waals surface area (Å²) < 4.78 is 0. The normalized spacial score (nSPS) is 14.6. The van der Waals surface area contributed by atoms with Gasteiger partial charge in [0, 0.05) is 18.2 Å². The monoisotopic (exact) mass is 259 g/mol. The molecular weight excluding hydrogens is 242 g/mol. The molecular formula is C15H17NO3. The fraction of sp³-hybridized carbons (Fsp3) is 0.333.